The Labute approximate surface area is 185 Å². The number of rotatable bonds is 8. The molecule has 0 radical (unpaired) electrons. The number of hydrogen-bond acceptors (Lipinski definition) is 3. The molecule has 0 spiro atoms. The molecular weight excluding hydrogens is 394 g/mol. The molecule has 2 fully saturated rings. The van der Waals surface area contributed by atoms with E-state index in [2.05, 4.69) is 25.9 Å². The van der Waals surface area contributed by atoms with E-state index in [-0.39, 0.29) is 5.78 Å². The maximum absolute atomic E-state index is 12.6. The Morgan fingerprint density at radius 2 is 1.93 bits per heavy atom. The normalized spacial score (nSPS) is 21.5. The van der Waals surface area contributed by atoms with Crippen LogP contribution >= 0.6 is 11.6 Å². The number of carbonyl (C=O) groups is 1. The highest BCUT2D eigenvalue weighted by atomic mass is 35.5. The third-order valence-electron chi connectivity index (χ3n) is 6.56. The van der Waals surface area contributed by atoms with Crippen LogP contribution in [0.3, 0.4) is 0 Å². The molecule has 4 heteroatoms. The number of aromatic nitrogens is 1. The maximum Gasteiger partial charge on any atom is 0.143 e. The quantitative estimate of drug-likeness (QED) is 0.447. The van der Waals surface area contributed by atoms with Gasteiger partial charge in [-0.3, -0.25) is 4.79 Å². The topological polar surface area (TPSA) is 43.1 Å². The highest BCUT2D eigenvalue weighted by molar-refractivity contribution is 6.31. The molecule has 1 aromatic carbocycles. The molecule has 1 heterocycles. The van der Waals surface area contributed by atoms with Crippen molar-refractivity contribution in [1.82, 2.24) is 5.16 Å². The number of benzene rings is 1. The van der Waals surface area contributed by atoms with Gasteiger partial charge in [-0.2, -0.15) is 0 Å². The smallest absolute Gasteiger partial charge is 0.143 e. The number of ketones is 1. The molecule has 0 N–H and O–H groups in total. The van der Waals surface area contributed by atoms with Crippen LogP contribution in [0, 0.1) is 18.3 Å². The molecule has 2 aliphatic rings. The van der Waals surface area contributed by atoms with Gasteiger partial charge in [0.1, 0.15) is 11.5 Å². The first-order chi connectivity index (χ1) is 14.2. The first kappa shape index (κ1) is 21.6. The minimum Gasteiger partial charge on any atom is -0.361 e. The van der Waals surface area contributed by atoms with Crippen LogP contribution in [-0.4, -0.2) is 10.9 Å². The summed E-state index contributed by atoms with van der Waals surface area (Å²) in [5.41, 5.74) is 4.78. The summed E-state index contributed by atoms with van der Waals surface area (Å²) in [4.78, 5) is 12.6. The van der Waals surface area contributed by atoms with Crippen LogP contribution in [-0.2, 0) is 17.6 Å². The molecule has 0 atom stereocenters. The van der Waals surface area contributed by atoms with E-state index in [0.717, 1.165) is 28.5 Å². The number of halogens is 1. The van der Waals surface area contributed by atoms with Crippen molar-refractivity contribution in [1.29, 1.82) is 0 Å². The lowest BCUT2D eigenvalue weighted by atomic mass is 9.67. The SMILES string of the molecule is Cc1ccc(CC(=O)CCc2noc(C3CC(CC(C)(C)C)C3)c2C2CC2)c(Cl)c1. The Hall–Kier alpha value is -1.61. The number of Topliss-reactive ketones (excluding diaryl/α,β-unsaturated/α-hetero) is 1. The van der Waals surface area contributed by atoms with Crippen molar-refractivity contribution in [2.45, 2.75) is 90.9 Å². The standard InChI is InChI=1S/C26H34ClNO2/c1-16-5-6-19(22(27)11-16)14-21(29)9-10-23-24(18-7-8-18)25(30-28-23)20-12-17(13-20)15-26(2,3)4/h5-6,11,17-18,20H,7-10,12-15H2,1-4H3. The summed E-state index contributed by atoms with van der Waals surface area (Å²) in [7, 11) is 0. The lowest BCUT2D eigenvalue weighted by Gasteiger charge is -2.38. The number of carbonyl (C=O) groups excluding carboxylic acids is 1. The van der Waals surface area contributed by atoms with Gasteiger partial charge in [-0.1, -0.05) is 49.7 Å². The molecule has 30 heavy (non-hydrogen) atoms. The second kappa shape index (κ2) is 8.49. The van der Waals surface area contributed by atoms with Crippen molar-refractivity contribution in [3.05, 3.63) is 51.4 Å². The van der Waals surface area contributed by atoms with Crippen LogP contribution in [0.15, 0.2) is 22.7 Å². The van der Waals surface area contributed by atoms with E-state index < -0.39 is 0 Å². The van der Waals surface area contributed by atoms with Gasteiger partial charge in [-0.05, 0) is 73.5 Å². The molecule has 0 bridgehead atoms. The first-order valence-corrected chi connectivity index (χ1v) is 11.8. The van der Waals surface area contributed by atoms with Crippen molar-refractivity contribution in [3.8, 4) is 0 Å². The molecule has 2 aliphatic carbocycles. The minimum absolute atomic E-state index is 0.209. The summed E-state index contributed by atoms with van der Waals surface area (Å²) < 4.78 is 5.88. The zero-order chi connectivity index (χ0) is 21.5. The lowest BCUT2D eigenvalue weighted by molar-refractivity contribution is -0.118. The van der Waals surface area contributed by atoms with E-state index in [1.807, 2.05) is 25.1 Å². The molecule has 0 saturated heterocycles. The average molecular weight is 428 g/mol. The Balaban J connectivity index is 1.36. The third kappa shape index (κ3) is 5.17. The summed E-state index contributed by atoms with van der Waals surface area (Å²) in [6.45, 7) is 8.97. The van der Waals surface area contributed by atoms with Crippen LogP contribution in [0.25, 0.3) is 0 Å². The van der Waals surface area contributed by atoms with Gasteiger partial charge in [0.05, 0.1) is 5.69 Å². The molecule has 3 nitrogen and oxygen atoms in total. The van der Waals surface area contributed by atoms with Gasteiger partial charge in [0.15, 0.2) is 0 Å². The van der Waals surface area contributed by atoms with E-state index in [1.54, 1.807) is 0 Å². The predicted molar refractivity (Wildman–Crippen MR) is 121 cm³/mol. The van der Waals surface area contributed by atoms with Gasteiger partial charge in [-0.25, -0.2) is 0 Å². The van der Waals surface area contributed by atoms with Crippen molar-refractivity contribution in [2.75, 3.05) is 0 Å². The fourth-order valence-electron chi connectivity index (χ4n) is 4.97. The summed E-state index contributed by atoms with van der Waals surface area (Å²) >= 11 is 6.30. The highest BCUT2D eigenvalue weighted by Crippen LogP contribution is 2.52. The van der Waals surface area contributed by atoms with Crippen LogP contribution in [0.2, 0.25) is 5.02 Å². The van der Waals surface area contributed by atoms with Crippen molar-refractivity contribution in [3.63, 3.8) is 0 Å². The second-order valence-electron chi connectivity index (χ2n) is 10.8. The molecular formula is C26H34ClNO2. The molecule has 162 valence electrons. The average Bonchev–Trinajstić information content (AvgIpc) is 3.37. The summed E-state index contributed by atoms with van der Waals surface area (Å²) in [5, 5.41) is 5.12. The van der Waals surface area contributed by atoms with E-state index in [0.29, 0.717) is 41.5 Å². The predicted octanol–water partition coefficient (Wildman–Crippen LogP) is 7.19. The lowest BCUT2D eigenvalue weighted by Crippen LogP contribution is -2.26. The Bertz CT molecular complexity index is 914. The van der Waals surface area contributed by atoms with Gasteiger partial charge in [0.25, 0.3) is 0 Å². The Kier molecular flexibility index (Phi) is 6.12. The van der Waals surface area contributed by atoms with Crippen LogP contribution in [0.1, 0.15) is 99.3 Å². The van der Waals surface area contributed by atoms with Gasteiger partial charge in [0.2, 0.25) is 0 Å². The van der Waals surface area contributed by atoms with Crippen LogP contribution in [0.4, 0.5) is 0 Å². The molecule has 2 saturated carbocycles. The largest absolute Gasteiger partial charge is 0.361 e. The van der Waals surface area contributed by atoms with Gasteiger partial charge < -0.3 is 4.52 Å². The molecule has 0 unspecified atom stereocenters. The first-order valence-electron chi connectivity index (χ1n) is 11.4. The summed E-state index contributed by atoms with van der Waals surface area (Å²) in [6.07, 6.45) is 7.73. The van der Waals surface area contributed by atoms with Crippen molar-refractivity contribution >= 4 is 17.4 Å². The number of hydrogen-bond donors (Lipinski definition) is 0. The minimum atomic E-state index is 0.209. The monoisotopic (exact) mass is 427 g/mol. The highest BCUT2D eigenvalue weighted by Gasteiger charge is 2.40. The van der Waals surface area contributed by atoms with Crippen molar-refractivity contribution < 1.29 is 9.32 Å². The number of aryl methyl sites for hydroxylation is 2. The van der Waals surface area contributed by atoms with Crippen molar-refractivity contribution in [2.24, 2.45) is 11.3 Å². The van der Waals surface area contributed by atoms with Crippen LogP contribution in [0.5, 0.6) is 0 Å². The van der Waals surface area contributed by atoms with E-state index in [1.165, 1.54) is 37.7 Å². The zero-order valence-corrected chi connectivity index (χ0v) is 19.5. The molecule has 2 aromatic rings. The van der Waals surface area contributed by atoms with Gasteiger partial charge in [0, 0.05) is 35.8 Å². The fourth-order valence-corrected chi connectivity index (χ4v) is 5.27. The van der Waals surface area contributed by atoms with E-state index >= 15 is 0 Å². The number of nitrogens with zero attached hydrogens (tertiary/aromatic N) is 1. The molecule has 0 aliphatic heterocycles. The maximum atomic E-state index is 12.6. The fraction of sp³-hybridized carbons (Fsp3) is 0.615. The Morgan fingerprint density at radius 1 is 1.20 bits per heavy atom. The van der Waals surface area contributed by atoms with E-state index in [4.69, 9.17) is 16.1 Å². The molecule has 1 aromatic heterocycles. The Morgan fingerprint density at radius 3 is 2.57 bits per heavy atom. The summed E-state index contributed by atoms with van der Waals surface area (Å²) in [6, 6.07) is 5.89. The molecule has 0 amide bonds. The van der Waals surface area contributed by atoms with Crippen LogP contribution < -0.4 is 0 Å². The van der Waals surface area contributed by atoms with E-state index in [9.17, 15) is 4.79 Å². The second-order valence-corrected chi connectivity index (χ2v) is 11.2. The molecule has 4 rings (SSSR count). The summed E-state index contributed by atoms with van der Waals surface area (Å²) in [5.74, 6) is 3.27. The zero-order valence-electron chi connectivity index (χ0n) is 18.8. The van der Waals surface area contributed by atoms with Gasteiger partial charge in [-0.15, -0.1) is 0 Å². The third-order valence-corrected chi connectivity index (χ3v) is 6.91. The van der Waals surface area contributed by atoms with Gasteiger partial charge >= 0.3 is 0 Å².